The Morgan fingerprint density at radius 1 is 1.21 bits per heavy atom. The maximum Gasteiger partial charge on any atom is 0.217 e. The number of rotatable bonds is 4. The van der Waals surface area contributed by atoms with Crippen LogP contribution in [0.3, 0.4) is 0 Å². The normalized spacial score (nSPS) is 12.5. The number of nitrogens with zero attached hydrogens (tertiary/aromatic N) is 1. The van der Waals surface area contributed by atoms with Crippen molar-refractivity contribution in [2.24, 2.45) is 0 Å². The zero-order chi connectivity index (χ0) is 17.3. The summed E-state index contributed by atoms with van der Waals surface area (Å²) in [6.07, 6.45) is -0.535. The molecule has 0 aliphatic carbocycles. The molecule has 0 aliphatic heterocycles. The van der Waals surface area contributed by atoms with Crippen LogP contribution >= 0.6 is 0 Å². The highest BCUT2D eigenvalue weighted by Gasteiger charge is 2.18. The van der Waals surface area contributed by atoms with Crippen LogP contribution in [0, 0.1) is 5.82 Å². The van der Waals surface area contributed by atoms with Gasteiger partial charge in [0.05, 0.1) is 17.6 Å². The van der Waals surface area contributed by atoms with Crippen LogP contribution in [0.4, 0.5) is 4.39 Å². The lowest BCUT2D eigenvalue weighted by atomic mass is 10.1. The molecule has 1 N–H and O–H groups in total. The first-order valence-corrected chi connectivity index (χ1v) is 7.52. The minimum atomic E-state index is -0.535. The number of carbonyl (C=O) groups is 1. The van der Waals surface area contributed by atoms with Crippen molar-refractivity contribution in [3.05, 3.63) is 58.5 Å². The number of aromatic nitrogens is 1. The highest BCUT2D eigenvalue weighted by Crippen LogP contribution is 2.24. The lowest BCUT2D eigenvalue weighted by Gasteiger charge is -2.24. The van der Waals surface area contributed by atoms with Crippen LogP contribution < -0.4 is 10.7 Å². The molecular formula is C18H17FN2O3. The summed E-state index contributed by atoms with van der Waals surface area (Å²) in [5, 5.41) is 3.46. The Balaban J connectivity index is 2.36. The van der Waals surface area contributed by atoms with Gasteiger partial charge in [0.25, 0.3) is 0 Å². The standard InChI is InChI=1S/C18H17FN2O3/c1-11(22)20-10-17(24-2)21-15-6-4-3-5-13(15)18(23)14-9-12(19)7-8-16(14)21/h3-9,17H,10H2,1-2H3,(H,20,22). The maximum absolute atomic E-state index is 13.6. The Morgan fingerprint density at radius 3 is 2.62 bits per heavy atom. The van der Waals surface area contributed by atoms with E-state index in [1.54, 1.807) is 28.8 Å². The van der Waals surface area contributed by atoms with Gasteiger partial charge in [-0.15, -0.1) is 0 Å². The summed E-state index contributed by atoms with van der Waals surface area (Å²) in [7, 11) is 1.52. The first kappa shape index (κ1) is 16.1. The Labute approximate surface area is 137 Å². The molecule has 5 nitrogen and oxygen atoms in total. The quantitative estimate of drug-likeness (QED) is 0.749. The summed E-state index contributed by atoms with van der Waals surface area (Å²) in [6.45, 7) is 1.65. The zero-order valence-corrected chi connectivity index (χ0v) is 13.4. The van der Waals surface area contributed by atoms with Crippen LogP contribution in [0.2, 0.25) is 0 Å². The number of fused-ring (bicyclic) bond motifs is 2. The van der Waals surface area contributed by atoms with E-state index in [9.17, 15) is 14.0 Å². The minimum absolute atomic E-state index is 0.183. The summed E-state index contributed by atoms with van der Waals surface area (Å²) in [4.78, 5) is 23.9. The van der Waals surface area contributed by atoms with Crippen molar-refractivity contribution in [1.82, 2.24) is 9.88 Å². The number of ether oxygens (including phenoxy) is 1. The summed E-state index contributed by atoms with van der Waals surface area (Å²) < 4.78 is 21.0. The molecule has 1 amide bonds. The third-order valence-corrected chi connectivity index (χ3v) is 3.96. The lowest BCUT2D eigenvalue weighted by Crippen LogP contribution is -2.31. The van der Waals surface area contributed by atoms with Crippen molar-refractivity contribution in [3.8, 4) is 0 Å². The minimum Gasteiger partial charge on any atom is -0.359 e. The SMILES string of the molecule is COC(CNC(C)=O)n1c2ccccc2c(=O)c2cc(F)ccc21. The topological polar surface area (TPSA) is 60.3 Å². The number of nitrogens with one attached hydrogen (secondary N) is 1. The zero-order valence-electron chi connectivity index (χ0n) is 13.4. The van der Waals surface area contributed by atoms with E-state index in [0.29, 0.717) is 16.4 Å². The molecule has 0 radical (unpaired) electrons. The molecule has 1 heterocycles. The number of benzene rings is 2. The molecule has 0 saturated heterocycles. The third kappa shape index (κ3) is 2.76. The fraction of sp³-hybridized carbons (Fsp3) is 0.222. The van der Waals surface area contributed by atoms with Crippen molar-refractivity contribution in [3.63, 3.8) is 0 Å². The van der Waals surface area contributed by atoms with Crippen LogP contribution in [-0.2, 0) is 9.53 Å². The molecule has 1 unspecified atom stereocenters. The van der Waals surface area contributed by atoms with Crippen LogP contribution in [0.25, 0.3) is 21.8 Å². The van der Waals surface area contributed by atoms with Crippen LogP contribution in [-0.4, -0.2) is 24.1 Å². The monoisotopic (exact) mass is 328 g/mol. The number of carbonyl (C=O) groups excluding carboxylic acids is 1. The number of para-hydroxylation sites is 1. The van der Waals surface area contributed by atoms with E-state index in [2.05, 4.69) is 5.32 Å². The number of halogens is 1. The van der Waals surface area contributed by atoms with E-state index < -0.39 is 12.0 Å². The molecule has 24 heavy (non-hydrogen) atoms. The first-order valence-electron chi connectivity index (χ1n) is 7.52. The highest BCUT2D eigenvalue weighted by atomic mass is 19.1. The van der Waals surface area contributed by atoms with Gasteiger partial charge < -0.3 is 14.6 Å². The van der Waals surface area contributed by atoms with Gasteiger partial charge in [0.2, 0.25) is 5.91 Å². The number of methoxy groups -OCH3 is 1. The van der Waals surface area contributed by atoms with E-state index in [1.807, 2.05) is 6.07 Å². The largest absolute Gasteiger partial charge is 0.359 e. The number of hydrogen-bond acceptors (Lipinski definition) is 3. The van der Waals surface area contributed by atoms with E-state index in [1.165, 1.54) is 26.2 Å². The van der Waals surface area contributed by atoms with E-state index in [-0.39, 0.29) is 23.3 Å². The van der Waals surface area contributed by atoms with Crippen molar-refractivity contribution in [2.45, 2.75) is 13.2 Å². The summed E-state index contributed by atoms with van der Waals surface area (Å²) >= 11 is 0. The van der Waals surface area contributed by atoms with Gasteiger partial charge in [-0.05, 0) is 30.3 Å². The predicted molar refractivity (Wildman–Crippen MR) is 90.4 cm³/mol. The molecule has 0 fully saturated rings. The number of hydrogen-bond donors (Lipinski definition) is 1. The molecule has 0 saturated carbocycles. The fourth-order valence-electron chi connectivity index (χ4n) is 2.87. The van der Waals surface area contributed by atoms with Gasteiger partial charge in [-0.3, -0.25) is 9.59 Å². The molecule has 3 aromatic rings. The van der Waals surface area contributed by atoms with Gasteiger partial charge in [0, 0.05) is 24.8 Å². The van der Waals surface area contributed by atoms with Crippen molar-refractivity contribution >= 4 is 27.7 Å². The number of pyridine rings is 1. The lowest BCUT2D eigenvalue weighted by molar-refractivity contribution is -0.119. The average molecular weight is 328 g/mol. The van der Waals surface area contributed by atoms with Gasteiger partial charge in [0.15, 0.2) is 11.7 Å². The molecule has 0 spiro atoms. The Morgan fingerprint density at radius 2 is 1.92 bits per heavy atom. The molecule has 2 aromatic carbocycles. The molecule has 124 valence electrons. The predicted octanol–water partition coefficient (Wildman–Crippen LogP) is 2.57. The van der Waals surface area contributed by atoms with Gasteiger partial charge in [-0.1, -0.05) is 12.1 Å². The first-order chi connectivity index (χ1) is 11.5. The molecular weight excluding hydrogens is 311 g/mol. The molecule has 6 heteroatoms. The Kier molecular flexibility index (Phi) is 4.31. The average Bonchev–Trinajstić information content (AvgIpc) is 2.58. The summed E-state index contributed by atoms with van der Waals surface area (Å²) in [6, 6.07) is 11.2. The molecule has 0 aliphatic rings. The Hall–Kier alpha value is -2.73. The second-order valence-electron chi connectivity index (χ2n) is 5.51. The van der Waals surface area contributed by atoms with E-state index in [4.69, 9.17) is 4.74 Å². The Bertz CT molecular complexity index is 981. The second kappa shape index (κ2) is 6.41. The van der Waals surface area contributed by atoms with Crippen LogP contribution in [0.5, 0.6) is 0 Å². The number of amides is 1. The van der Waals surface area contributed by atoms with Gasteiger partial charge in [0.1, 0.15) is 5.82 Å². The second-order valence-corrected chi connectivity index (χ2v) is 5.51. The van der Waals surface area contributed by atoms with Crippen molar-refractivity contribution in [2.75, 3.05) is 13.7 Å². The van der Waals surface area contributed by atoms with Crippen LogP contribution in [0.15, 0.2) is 47.3 Å². The van der Waals surface area contributed by atoms with Gasteiger partial charge in [-0.25, -0.2) is 4.39 Å². The molecule has 1 atom stereocenters. The highest BCUT2D eigenvalue weighted by molar-refractivity contribution is 5.93. The molecule has 3 rings (SSSR count). The maximum atomic E-state index is 13.6. The molecule has 0 bridgehead atoms. The van der Waals surface area contributed by atoms with Crippen molar-refractivity contribution in [1.29, 1.82) is 0 Å². The smallest absolute Gasteiger partial charge is 0.217 e. The van der Waals surface area contributed by atoms with Gasteiger partial charge in [-0.2, -0.15) is 0 Å². The summed E-state index contributed by atoms with van der Waals surface area (Å²) in [5.41, 5.74) is 0.988. The fourth-order valence-corrected chi connectivity index (χ4v) is 2.87. The van der Waals surface area contributed by atoms with E-state index >= 15 is 0 Å². The third-order valence-electron chi connectivity index (χ3n) is 3.96. The molecule has 1 aromatic heterocycles. The summed E-state index contributed by atoms with van der Waals surface area (Å²) in [5.74, 6) is -0.657. The van der Waals surface area contributed by atoms with Crippen LogP contribution in [0.1, 0.15) is 13.2 Å². The van der Waals surface area contributed by atoms with E-state index in [0.717, 1.165) is 0 Å². The van der Waals surface area contributed by atoms with Crippen molar-refractivity contribution < 1.29 is 13.9 Å². The van der Waals surface area contributed by atoms with Gasteiger partial charge >= 0.3 is 0 Å².